The zero-order valence-corrected chi connectivity index (χ0v) is 14.1. The van der Waals surface area contributed by atoms with Crippen LogP contribution in [0.3, 0.4) is 0 Å². The van der Waals surface area contributed by atoms with Crippen LogP contribution in [0.5, 0.6) is 0 Å². The van der Waals surface area contributed by atoms with E-state index in [2.05, 4.69) is 31.3 Å². The van der Waals surface area contributed by atoms with Gasteiger partial charge >= 0.3 is 0 Å². The molecule has 1 N–H and O–H groups in total. The smallest absolute Gasteiger partial charge is 0.0659 e. The fraction of sp³-hybridized carbons (Fsp3) is 0.647. The summed E-state index contributed by atoms with van der Waals surface area (Å²) in [4.78, 5) is 2.03. The third-order valence-electron chi connectivity index (χ3n) is 3.58. The molecule has 0 radical (unpaired) electrons. The largest absolute Gasteiger partial charge is 0.383 e. The average molecular weight is 297 g/mol. The van der Waals surface area contributed by atoms with Gasteiger partial charge in [-0.15, -0.1) is 0 Å². The highest BCUT2D eigenvalue weighted by atomic mass is 35.5. The molecule has 20 heavy (non-hydrogen) atoms. The minimum Gasteiger partial charge on any atom is -0.383 e. The van der Waals surface area contributed by atoms with Crippen LogP contribution in [-0.2, 0) is 0 Å². The highest BCUT2D eigenvalue weighted by molar-refractivity contribution is 6.33. The Morgan fingerprint density at radius 3 is 2.45 bits per heavy atom. The predicted molar refractivity (Wildman–Crippen MR) is 92.2 cm³/mol. The van der Waals surface area contributed by atoms with Crippen molar-refractivity contribution in [1.29, 1.82) is 0 Å². The van der Waals surface area contributed by atoms with E-state index in [1.807, 2.05) is 25.1 Å². The highest BCUT2D eigenvalue weighted by Crippen LogP contribution is 2.27. The summed E-state index contributed by atoms with van der Waals surface area (Å²) in [6, 6.07) is 6.69. The van der Waals surface area contributed by atoms with Crippen LogP contribution >= 0.6 is 11.6 Å². The Morgan fingerprint density at radius 2 is 1.85 bits per heavy atom. The first kappa shape index (κ1) is 17.2. The van der Waals surface area contributed by atoms with Gasteiger partial charge in [0.2, 0.25) is 0 Å². The molecule has 1 aromatic carbocycles. The summed E-state index contributed by atoms with van der Waals surface area (Å²) < 4.78 is 0. The summed E-state index contributed by atoms with van der Waals surface area (Å²) in [6.07, 6.45) is 7.91. The van der Waals surface area contributed by atoms with Gasteiger partial charge in [0.15, 0.2) is 0 Å². The SMILES string of the molecule is CCCCCCCC(C)Nc1ccc(N(C)C)c(Cl)c1. The summed E-state index contributed by atoms with van der Waals surface area (Å²) in [5.74, 6) is 0. The summed E-state index contributed by atoms with van der Waals surface area (Å²) in [6.45, 7) is 4.50. The van der Waals surface area contributed by atoms with Crippen molar-refractivity contribution in [3.8, 4) is 0 Å². The molecule has 1 rings (SSSR count). The zero-order valence-electron chi connectivity index (χ0n) is 13.4. The summed E-state index contributed by atoms with van der Waals surface area (Å²) in [7, 11) is 4.01. The van der Waals surface area contributed by atoms with E-state index in [0.717, 1.165) is 16.4 Å². The van der Waals surface area contributed by atoms with E-state index in [4.69, 9.17) is 11.6 Å². The Bertz CT molecular complexity index is 391. The number of nitrogens with zero attached hydrogens (tertiary/aromatic N) is 1. The van der Waals surface area contributed by atoms with E-state index in [0.29, 0.717) is 6.04 Å². The third-order valence-corrected chi connectivity index (χ3v) is 3.89. The van der Waals surface area contributed by atoms with Gasteiger partial charge in [-0.1, -0.05) is 50.6 Å². The van der Waals surface area contributed by atoms with Crippen LogP contribution in [0.15, 0.2) is 18.2 Å². The Kier molecular flexibility index (Phi) is 7.83. The molecule has 2 nitrogen and oxygen atoms in total. The van der Waals surface area contributed by atoms with Gasteiger partial charge in [-0.05, 0) is 31.5 Å². The standard InChI is InChI=1S/C17H29ClN2/c1-5-6-7-8-9-10-14(2)19-15-11-12-17(20(3)4)16(18)13-15/h11-14,19H,5-10H2,1-4H3. The highest BCUT2D eigenvalue weighted by Gasteiger charge is 2.06. The van der Waals surface area contributed by atoms with Gasteiger partial charge in [-0.2, -0.15) is 0 Å². The first-order valence-electron chi connectivity index (χ1n) is 7.78. The Morgan fingerprint density at radius 1 is 1.15 bits per heavy atom. The molecule has 0 bridgehead atoms. The molecule has 0 aliphatic rings. The van der Waals surface area contributed by atoms with Crippen LogP contribution < -0.4 is 10.2 Å². The normalized spacial score (nSPS) is 12.2. The van der Waals surface area contributed by atoms with Crippen LogP contribution in [0, 0.1) is 0 Å². The number of rotatable bonds is 9. The molecule has 1 aromatic rings. The topological polar surface area (TPSA) is 15.3 Å². The van der Waals surface area contributed by atoms with Crippen LogP contribution in [0.4, 0.5) is 11.4 Å². The second kappa shape index (κ2) is 9.12. The number of hydrogen-bond acceptors (Lipinski definition) is 2. The Labute approximate surface area is 129 Å². The van der Waals surface area contributed by atoms with Crippen LogP contribution in [-0.4, -0.2) is 20.1 Å². The van der Waals surface area contributed by atoms with E-state index in [-0.39, 0.29) is 0 Å². The maximum Gasteiger partial charge on any atom is 0.0659 e. The number of unbranched alkanes of at least 4 members (excludes halogenated alkanes) is 4. The van der Waals surface area contributed by atoms with E-state index < -0.39 is 0 Å². The van der Waals surface area contributed by atoms with Crippen molar-refractivity contribution in [3.05, 3.63) is 23.2 Å². The van der Waals surface area contributed by atoms with Crippen molar-refractivity contribution in [3.63, 3.8) is 0 Å². The molecule has 0 saturated carbocycles. The van der Waals surface area contributed by atoms with E-state index in [9.17, 15) is 0 Å². The lowest BCUT2D eigenvalue weighted by atomic mass is 10.1. The Hall–Kier alpha value is -0.890. The van der Waals surface area contributed by atoms with E-state index >= 15 is 0 Å². The Balaban J connectivity index is 2.38. The summed E-state index contributed by atoms with van der Waals surface area (Å²) in [5, 5.41) is 4.34. The van der Waals surface area contributed by atoms with Crippen molar-refractivity contribution in [2.45, 2.75) is 58.4 Å². The predicted octanol–water partition coefficient (Wildman–Crippen LogP) is 5.57. The monoisotopic (exact) mass is 296 g/mol. The molecule has 0 aromatic heterocycles. The maximum absolute atomic E-state index is 6.29. The number of anilines is 2. The molecule has 0 fully saturated rings. The molecule has 0 amide bonds. The average Bonchev–Trinajstić information content (AvgIpc) is 2.38. The van der Waals surface area contributed by atoms with Crippen molar-refractivity contribution in [2.24, 2.45) is 0 Å². The van der Waals surface area contributed by atoms with Crippen LogP contribution in [0.2, 0.25) is 5.02 Å². The van der Waals surface area contributed by atoms with Gasteiger partial charge in [0.25, 0.3) is 0 Å². The summed E-state index contributed by atoms with van der Waals surface area (Å²) in [5.41, 5.74) is 2.17. The third kappa shape index (κ3) is 6.04. The van der Waals surface area contributed by atoms with Gasteiger partial charge in [0.1, 0.15) is 0 Å². The van der Waals surface area contributed by atoms with E-state index in [1.165, 1.54) is 38.5 Å². The first-order chi connectivity index (χ1) is 9.54. The number of nitrogens with one attached hydrogen (secondary N) is 1. The second-order valence-corrected chi connectivity index (χ2v) is 6.22. The second-order valence-electron chi connectivity index (χ2n) is 5.81. The molecule has 1 unspecified atom stereocenters. The minimum absolute atomic E-state index is 0.498. The minimum atomic E-state index is 0.498. The number of halogens is 1. The number of hydrogen-bond donors (Lipinski definition) is 1. The van der Waals surface area contributed by atoms with Gasteiger partial charge in [-0.25, -0.2) is 0 Å². The first-order valence-corrected chi connectivity index (χ1v) is 8.15. The quantitative estimate of drug-likeness (QED) is 0.600. The fourth-order valence-electron chi connectivity index (χ4n) is 2.37. The molecule has 0 saturated heterocycles. The van der Waals surface area contributed by atoms with Gasteiger partial charge in [0, 0.05) is 25.8 Å². The molecule has 114 valence electrons. The lowest BCUT2D eigenvalue weighted by molar-refractivity contribution is 0.578. The van der Waals surface area contributed by atoms with Gasteiger partial charge < -0.3 is 10.2 Å². The molecule has 0 aliphatic heterocycles. The number of benzene rings is 1. The van der Waals surface area contributed by atoms with Crippen molar-refractivity contribution >= 4 is 23.0 Å². The molecule has 1 atom stereocenters. The lowest BCUT2D eigenvalue weighted by Crippen LogP contribution is -2.15. The lowest BCUT2D eigenvalue weighted by Gasteiger charge is -2.18. The molecular formula is C17H29ClN2. The fourth-order valence-corrected chi connectivity index (χ4v) is 2.72. The zero-order chi connectivity index (χ0) is 15.0. The summed E-state index contributed by atoms with van der Waals surface area (Å²) >= 11 is 6.29. The van der Waals surface area contributed by atoms with Gasteiger partial charge in [0.05, 0.1) is 10.7 Å². The van der Waals surface area contributed by atoms with E-state index in [1.54, 1.807) is 0 Å². The molecule has 0 spiro atoms. The van der Waals surface area contributed by atoms with Crippen molar-refractivity contribution < 1.29 is 0 Å². The van der Waals surface area contributed by atoms with Crippen LogP contribution in [0.25, 0.3) is 0 Å². The molecule has 0 aliphatic carbocycles. The molecule has 0 heterocycles. The van der Waals surface area contributed by atoms with Crippen molar-refractivity contribution in [1.82, 2.24) is 0 Å². The van der Waals surface area contributed by atoms with Crippen molar-refractivity contribution in [2.75, 3.05) is 24.3 Å². The molecule has 3 heteroatoms. The molecular weight excluding hydrogens is 268 g/mol. The van der Waals surface area contributed by atoms with Gasteiger partial charge in [-0.3, -0.25) is 0 Å². The van der Waals surface area contributed by atoms with Crippen LogP contribution in [0.1, 0.15) is 52.4 Å². The maximum atomic E-state index is 6.29.